The Bertz CT molecular complexity index is 476. The fourth-order valence-corrected chi connectivity index (χ4v) is 1.88. The van der Waals surface area contributed by atoms with Crippen LogP contribution in [0, 0.1) is 0 Å². The molecule has 0 spiro atoms. The highest BCUT2D eigenvalue weighted by Crippen LogP contribution is 2.25. The molecule has 0 fully saturated rings. The largest absolute Gasteiger partial charge is 0.497 e. The van der Waals surface area contributed by atoms with Crippen molar-refractivity contribution in [1.82, 2.24) is 9.78 Å². The highest BCUT2D eigenvalue weighted by molar-refractivity contribution is 7.79. The number of aromatic nitrogens is 2. The van der Waals surface area contributed by atoms with Crippen LogP contribution < -0.4 is 4.74 Å². The van der Waals surface area contributed by atoms with E-state index in [9.17, 15) is 0 Å². The van der Waals surface area contributed by atoms with Crippen LogP contribution in [0.1, 0.15) is 5.56 Å². The average Bonchev–Trinajstić information content (AvgIpc) is 2.70. The Morgan fingerprint density at radius 3 is 2.56 bits per heavy atom. The van der Waals surface area contributed by atoms with Gasteiger partial charge >= 0.3 is 0 Å². The first kappa shape index (κ1) is 11.1. The first-order valence-electron chi connectivity index (χ1n) is 5.02. The van der Waals surface area contributed by atoms with Crippen molar-refractivity contribution < 1.29 is 4.74 Å². The number of benzene rings is 1. The lowest BCUT2D eigenvalue weighted by molar-refractivity contribution is 0.415. The SMILES string of the molecule is COc1ccc(-c2nn(C)cc2CS)cc1. The van der Waals surface area contributed by atoms with E-state index in [-0.39, 0.29) is 0 Å². The molecule has 0 N–H and O–H groups in total. The summed E-state index contributed by atoms with van der Waals surface area (Å²) in [5, 5.41) is 4.43. The van der Waals surface area contributed by atoms with Crippen molar-refractivity contribution >= 4 is 12.6 Å². The van der Waals surface area contributed by atoms with E-state index in [0.717, 1.165) is 22.6 Å². The lowest BCUT2D eigenvalue weighted by atomic mass is 10.1. The molecule has 0 aliphatic carbocycles. The summed E-state index contributed by atoms with van der Waals surface area (Å²) >= 11 is 4.30. The minimum Gasteiger partial charge on any atom is -0.497 e. The van der Waals surface area contributed by atoms with Gasteiger partial charge in [0.25, 0.3) is 0 Å². The standard InChI is InChI=1S/C12H14N2OS/c1-14-7-10(8-16)12(13-14)9-3-5-11(15-2)6-4-9/h3-7,16H,8H2,1-2H3. The molecule has 0 aliphatic rings. The van der Waals surface area contributed by atoms with Gasteiger partial charge in [0, 0.05) is 30.1 Å². The van der Waals surface area contributed by atoms with E-state index < -0.39 is 0 Å². The van der Waals surface area contributed by atoms with Crippen LogP contribution in [0.5, 0.6) is 5.75 Å². The summed E-state index contributed by atoms with van der Waals surface area (Å²) in [5.74, 6) is 1.54. The summed E-state index contributed by atoms with van der Waals surface area (Å²) < 4.78 is 6.94. The van der Waals surface area contributed by atoms with Crippen molar-refractivity contribution in [3.63, 3.8) is 0 Å². The number of aryl methyl sites for hydroxylation is 1. The van der Waals surface area contributed by atoms with Gasteiger partial charge in [0.2, 0.25) is 0 Å². The minimum absolute atomic E-state index is 0.690. The van der Waals surface area contributed by atoms with Gasteiger partial charge in [-0.05, 0) is 24.3 Å². The van der Waals surface area contributed by atoms with E-state index in [1.807, 2.05) is 42.2 Å². The number of nitrogens with zero attached hydrogens (tertiary/aromatic N) is 2. The average molecular weight is 234 g/mol. The zero-order valence-electron chi connectivity index (χ0n) is 9.34. The van der Waals surface area contributed by atoms with Crippen LogP contribution in [0.25, 0.3) is 11.3 Å². The van der Waals surface area contributed by atoms with Crippen molar-refractivity contribution in [3.05, 3.63) is 36.0 Å². The minimum atomic E-state index is 0.690. The van der Waals surface area contributed by atoms with Crippen molar-refractivity contribution in [2.24, 2.45) is 7.05 Å². The van der Waals surface area contributed by atoms with Gasteiger partial charge in [-0.2, -0.15) is 17.7 Å². The first-order valence-corrected chi connectivity index (χ1v) is 5.65. The van der Waals surface area contributed by atoms with E-state index in [1.165, 1.54) is 0 Å². The van der Waals surface area contributed by atoms with Gasteiger partial charge in [0.05, 0.1) is 12.8 Å². The van der Waals surface area contributed by atoms with Gasteiger partial charge in [0.1, 0.15) is 5.75 Å². The summed E-state index contributed by atoms with van der Waals surface area (Å²) in [6, 6.07) is 7.89. The quantitative estimate of drug-likeness (QED) is 0.826. The summed E-state index contributed by atoms with van der Waals surface area (Å²) in [5.41, 5.74) is 3.21. The van der Waals surface area contributed by atoms with Gasteiger partial charge in [0.15, 0.2) is 0 Å². The number of thiol groups is 1. The Morgan fingerprint density at radius 2 is 2.00 bits per heavy atom. The molecule has 84 valence electrons. The third-order valence-electron chi connectivity index (χ3n) is 2.44. The Balaban J connectivity index is 2.41. The smallest absolute Gasteiger partial charge is 0.118 e. The van der Waals surface area contributed by atoms with Gasteiger partial charge in [-0.15, -0.1) is 0 Å². The van der Waals surface area contributed by atoms with E-state index in [1.54, 1.807) is 7.11 Å². The second-order valence-electron chi connectivity index (χ2n) is 3.56. The number of methoxy groups -OCH3 is 1. The summed E-state index contributed by atoms with van der Waals surface area (Å²) in [4.78, 5) is 0. The van der Waals surface area contributed by atoms with Crippen molar-refractivity contribution in [1.29, 1.82) is 0 Å². The van der Waals surface area contributed by atoms with E-state index in [4.69, 9.17) is 4.74 Å². The third kappa shape index (κ3) is 2.07. The number of ether oxygens (including phenoxy) is 1. The number of hydrogen-bond acceptors (Lipinski definition) is 3. The van der Waals surface area contributed by atoms with Crippen LogP contribution in [0.2, 0.25) is 0 Å². The summed E-state index contributed by atoms with van der Waals surface area (Å²) in [6.45, 7) is 0. The molecule has 0 atom stereocenters. The van der Waals surface area contributed by atoms with Crippen molar-refractivity contribution in [3.8, 4) is 17.0 Å². The van der Waals surface area contributed by atoms with Gasteiger partial charge in [-0.25, -0.2) is 0 Å². The molecule has 4 heteroatoms. The predicted molar refractivity (Wildman–Crippen MR) is 67.9 cm³/mol. The van der Waals surface area contributed by atoms with Crippen LogP contribution in [-0.4, -0.2) is 16.9 Å². The topological polar surface area (TPSA) is 27.1 Å². The molecule has 0 radical (unpaired) electrons. The maximum Gasteiger partial charge on any atom is 0.118 e. The van der Waals surface area contributed by atoms with Crippen LogP contribution in [0.4, 0.5) is 0 Å². The molecule has 0 bridgehead atoms. The molecule has 2 rings (SSSR count). The summed E-state index contributed by atoms with van der Waals surface area (Å²) in [7, 11) is 3.58. The Hall–Kier alpha value is -1.42. The molecule has 2 aromatic rings. The molecule has 0 aliphatic heterocycles. The molecular formula is C12H14N2OS. The fourth-order valence-electron chi connectivity index (χ4n) is 1.65. The van der Waals surface area contributed by atoms with Gasteiger partial charge < -0.3 is 4.74 Å². The zero-order valence-corrected chi connectivity index (χ0v) is 10.2. The highest BCUT2D eigenvalue weighted by atomic mass is 32.1. The second kappa shape index (κ2) is 4.61. The molecule has 16 heavy (non-hydrogen) atoms. The lowest BCUT2D eigenvalue weighted by Gasteiger charge is -2.02. The molecule has 3 nitrogen and oxygen atoms in total. The third-order valence-corrected chi connectivity index (χ3v) is 2.78. The summed E-state index contributed by atoms with van der Waals surface area (Å²) in [6.07, 6.45) is 1.99. The maximum atomic E-state index is 5.13. The maximum absolute atomic E-state index is 5.13. The van der Waals surface area contributed by atoms with Gasteiger partial charge in [-0.3, -0.25) is 4.68 Å². The molecule has 1 aromatic carbocycles. The van der Waals surface area contributed by atoms with E-state index in [0.29, 0.717) is 5.75 Å². The van der Waals surface area contributed by atoms with Crippen LogP contribution in [0.3, 0.4) is 0 Å². The zero-order chi connectivity index (χ0) is 11.5. The molecule has 0 amide bonds. The lowest BCUT2D eigenvalue weighted by Crippen LogP contribution is -1.88. The van der Waals surface area contributed by atoms with E-state index >= 15 is 0 Å². The number of hydrogen-bond donors (Lipinski definition) is 1. The molecule has 0 saturated heterocycles. The number of rotatable bonds is 3. The predicted octanol–water partition coefficient (Wildman–Crippen LogP) is 2.53. The van der Waals surface area contributed by atoms with Crippen molar-refractivity contribution in [2.45, 2.75) is 5.75 Å². The molecule has 0 saturated carbocycles. The Morgan fingerprint density at radius 1 is 1.31 bits per heavy atom. The monoisotopic (exact) mass is 234 g/mol. The highest BCUT2D eigenvalue weighted by Gasteiger charge is 2.08. The van der Waals surface area contributed by atoms with Crippen LogP contribution >= 0.6 is 12.6 Å². The Labute approximate surface area is 100 Å². The molecule has 0 unspecified atom stereocenters. The molecular weight excluding hydrogens is 220 g/mol. The van der Waals surface area contributed by atoms with Gasteiger partial charge in [-0.1, -0.05) is 0 Å². The normalized spacial score (nSPS) is 10.4. The van der Waals surface area contributed by atoms with Crippen LogP contribution in [0.15, 0.2) is 30.5 Å². The fraction of sp³-hybridized carbons (Fsp3) is 0.250. The first-order chi connectivity index (χ1) is 7.74. The van der Waals surface area contributed by atoms with E-state index in [2.05, 4.69) is 17.7 Å². The molecule has 1 heterocycles. The second-order valence-corrected chi connectivity index (χ2v) is 3.88. The Kier molecular flexibility index (Phi) is 3.19. The van der Waals surface area contributed by atoms with Crippen molar-refractivity contribution in [2.75, 3.05) is 7.11 Å². The van der Waals surface area contributed by atoms with Crippen LogP contribution in [-0.2, 0) is 12.8 Å². The molecule has 1 aromatic heterocycles.